The van der Waals surface area contributed by atoms with Crippen LogP contribution in [0.2, 0.25) is 0 Å². The highest BCUT2D eigenvalue weighted by Gasteiger charge is 2.30. The molecule has 1 aliphatic carbocycles. The molecule has 1 heterocycles. The number of nitrogens with one attached hydrogen (secondary N) is 1. The van der Waals surface area contributed by atoms with Gasteiger partial charge in [0, 0.05) is 19.1 Å². The Morgan fingerprint density at radius 2 is 2.00 bits per heavy atom. The molecule has 0 spiro atoms. The van der Waals surface area contributed by atoms with Gasteiger partial charge < -0.3 is 10.4 Å². The van der Waals surface area contributed by atoms with Crippen LogP contribution in [-0.4, -0.2) is 47.2 Å². The number of likely N-dealkylation sites (tertiary alicyclic amines) is 1. The van der Waals surface area contributed by atoms with Gasteiger partial charge in [-0.15, -0.1) is 0 Å². The van der Waals surface area contributed by atoms with E-state index in [-0.39, 0.29) is 24.0 Å². The van der Waals surface area contributed by atoms with Crippen LogP contribution in [0.5, 0.6) is 0 Å². The summed E-state index contributed by atoms with van der Waals surface area (Å²) in [6.07, 6.45) is 5.33. The third kappa shape index (κ3) is 3.23. The first-order valence-electron chi connectivity index (χ1n) is 7.30. The molecule has 1 saturated carbocycles. The quantitative estimate of drug-likeness (QED) is 0.794. The van der Waals surface area contributed by atoms with Crippen molar-refractivity contribution in [1.82, 2.24) is 10.2 Å². The van der Waals surface area contributed by atoms with Crippen molar-refractivity contribution >= 4 is 5.91 Å². The van der Waals surface area contributed by atoms with Crippen LogP contribution >= 0.6 is 0 Å². The van der Waals surface area contributed by atoms with Gasteiger partial charge in [0.05, 0.1) is 12.1 Å². The number of rotatable bonds is 3. The predicted octanol–water partition coefficient (Wildman–Crippen LogP) is 1.14. The molecule has 0 aromatic rings. The SMILES string of the molecule is CC1CN(C(C)C(=O)NC2CCCC2)CCC1O. The molecular weight excluding hydrogens is 228 g/mol. The number of hydrogen-bond acceptors (Lipinski definition) is 3. The summed E-state index contributed by atoms with van der Waals surface area (Å²) in [6.45, 7) is 5.68. The van der Waals surface area contributed by atoms with Gasteiger partial charge in [-0.05, 0) is 32.1 Å². The maximum atomic E-state index is 12.2. The van der Waals surface area contributed by atoms with E-state index in [2.05, 4.69) is 17.1 Å². The van der Waals surface area contributed by atoms with Crippen LogP contribution in [0.1, 0.15) is 46.0 Å². The van der Waals surface area contributed by atoms with E-state index >= 15 is 0 Å². The molecule has 2 aliphatic rings. The van der Waals surface area contributed by atoms with Crippen LogP contribution in [0.3, 0.4) is 0 Å². The molecule has 3 atom stereocenters. The monoisotopic (exact) mass is 254 g/mol. The van der Waals surface area contributed by atoms with Gasteiger partial charge in [0.15, 0.2) is 0 Å². The van der Waals surface area contributed by atoms with Crippen molar-refractivity contribution in [3.8, 4) is 0 Å². The molecular formula is C14H26N2O2. The van der Waals surface area contributed by atoms with E-state index in [0.29, 0.717) is 6.04 Å². The maximum absolute atomic E-state index is 12.2. The van der Waals surface area contributed by atoms with E-state index in [1.165, 1.54) is 12.8 Å². The number of amides is 1. The Morgan fingerprint density at radius 3 is 2.61 bits per heavy atom. The summed E-state index contributed by atoms with van der Waals surface area (Å²) in [4.78, 5) is 14.4. The van der Waals surface area contributed by atoms with Crippen molar-refractivity contribution in [1.29, 1.82) is 0 Å². The molecule has 1 saturated heterocycles. The number of carbonyl (C=O) groups excluding carboxylic acids is 1. The lowest BCUT2D eigenvalue weighted by Gasteiger charge is -2.37. The lowest BCUT2D eigenvalue weighted by atomic mass is 9.95. The van der Waals surface area contributed by atoms with Crippen LogP contribution < -0.4 is 5.32 Å². The molecule has 1 amide bonds. The van der Waals surface area contributed by atoms with E-state index in [1.54, 1.807) is 0 Å². The molecule has 2 rings (SSSR count). The van der Waals surface area contributed by atoms with Crippen molar-refractivity contribution in [3.05, 3.63) is 0 Å². The molecule has 2 N–H and O–H groups in total. The third-order valence-electron chi connectivity index (χ3n) is 4.52. The first-order valence-corrected chi connectivity index (χ1v) is 7.30. The molecule has 4 heteroatoms. The number of piperidine rings is 1. The van der Waals surface area contributed by atoms with Gasteiger partial charge >= 0.3 is 0 Å². The van der Waals surface area contributed by atoms with Crippen LogP contribution in [0.25, 0.3) is 0 Å². The van der Waals surface area contributed by atoms with Gasteiger partial charge in [-0.25, -0.2) is 0 Å². The fourth-order valence-electron chi connectivity index (χ4n) is 3.07. The Labute approximate surface area is 110 Å². The van der Waals surface area contributed by atoms with Crippen molar-refractivity contribution in [2.24, 2.45) is 5.92 Å². The van der Waals surface area contributed by atoms with E-state index in [9.17, 15) is 9.90 Å². The Bertz CT molecular complexity index is 290. The third-order valence-corrected chi connectivity index (χ3v) is 4.52. The average Bonchev–Trinajstić information content (AvgIpc) is 2.84. The lowest BCUT2D eigenvalue weighted by Crippen LogP contribution is -2.52. The predicted molar refractivity (Wildman–Crippen MR) is 71.2 cm³/mol. The van der Waals surface area contributed by atoms with Crippen molar-refractivity contribution in [2.45, 2.75) is 64.1 Å². The van der Waals surface area contributed by atoms with Gasteiger partial charge in [-0.3, -0.25) is 9.69 Å². The number of aliphatic hydroxyl groups excluding tert-OH is 1. The number of carbonyl (C=O) groups is 1. The maximum Gasteiger partial charge on any atom is 0.237 e. The summed E-state index contributed by atoms with van der Waals surface area (Å²) in [7, 11) is 0. The van der Waals surface area contributed by atoms with Gasteiger partial charge in [0.25, 0.3) is 0 Å². The molecule has 0 aromatic carbocycles. The summed E-state index contributed by atoms with van der Waals surface area (Å²) < 4.78 is 0. The van der Waals surface area contributed by atoms with E-state index in [1.807, 2.05) is 6.92 Å². The van der Waals surface area contributed by atoms with E-state index in [0.717, 1.165) is 32.4 Å². The van der Waals surface area contributed by atoms with Gasteiger partial charge in [0.1, 0.15) is 0 Å². The summed E-state index contributed by atoms with van der Waals surface area (Å²) in [5.74, 6) is 0.422. The van der Waals surface area contributed by atoms with Crippen LogP contribution in [0, 0.1) is 5.92 Å². The lowest BCUT2D eigenvalue weighted by molar-refractivity contribution is -0.128. The Hall–Kier alpha value is -0.610. The molecule has 1 aliphatic heterocycles. The summed E-state index contributed by atoms with van der Waals surface area (Å²) in [5, 5.41) is 12.9. The van der Waals surface area contributed by atoms with Gasteiger partial charge in [-0.2, -0.15) is 0 Å². The summed E-state index contributed by atoms with van der Waals surface area (Å²) >= 11 is 0. The summed E-state index contributed by atoms with van der Waals surface area (Å²) in [5.41, 5.74) is 0. The van der Waals surface area contributed by atoms with Crippen LogP contribution in [0.15, 0.2) is 0 Å². The zero-order valence-electron chi connectivity index (χ0n) is 11.6. The van der Waals surface area contributed by atoms with Crippen LogP contribution in [-0.2, 0) is 4.79 Å². The summed E-state index contributed by atoms with van der Waals surface area (Å²) in [6, 6.07) is 0.327. The normalized spacial score (nSPS) is 32.4. The minimum absolute atomic E-state index is 0.0689. The van der Waals surface area contributed by atoms with Crippen molar-refractivity contribution in [2.75, 3.05) is 13.1 Å². The number of nitrogens with zero attached hydrogens (tertiary/aromatic N) is 1. The second kappa shape index (κ2) is 6.02. The highest BCUT2D eigenvalue weighted by molar-refractivity contribution is 5.81. The number of hydrogen-bond donors (Lipinski definition) is 2. The fraction of sp³-hybridized carbons (Fsp3) is 0.929. The zero-order valence-corrected chi connectivity index (χ0v) is 11.6. The van der Waals surface area contributed by atoms with Gasteiger partial charge in [-0.1, -0.05) is 19.8 Å². The smallest absolute Gasteiger partial charge is 0.237 e. The topological polar surface area (TPSA) is 52.6 Å². The van der Waals surface area contributed by atoms with E-state index in [4.69, 9.17) is 0 Å². The van der Waals surface area contributed by atoms with Crippen LogP contribution in [0.4, 0.5) is 0 Å². The Kier molecular flexibility index (Phi) is 4.62. The second-order valence-electron chi connectivity index (χ2n) is 5.99. The molecule has 18 heavy (non-hydrogen) atoms. The largest absolute Gasteiger partial charge is 0.393 e. The minimum Gasteiger partial charge on any atom is -0.393 e. The standard InChI is InChI=1S/C14H26N2O2/c1-10-9-16(8-7-13(10)17)11(2)14(18)15-12-5-3-4-6-12/h10-13,17H,3-9H2,1-2H3,(H,15,18). The molecule has 0 aromatic heterocycles. The minimum atomic E-state index is -0.202. The van der Waals surface area contributed by atoms with Crippen molar-refractivity contribution < 1.29 is 9.90 Å². The average molecular weight is 254 g/mol. The molecule has 2 fully saturated rings. The first kappa shape index (κ1) is 13.8. The molecule has 4 nitrogen and oxygen atoms in total. The Morgan fingerprint density at radius 1 is 1.33 bits per heavy atom. The van der Waals surface area contributed by atoms with Crippen molar-refractivity contribution in [3.63, 3.8) is 0 Å². The fourth-order valence-corrected chi connectivity index (χ4v) is 3.07. The molecule has 0 bridgehead atoms. The van der Waals surface area contributed by atoms with E-state index < -0.39 is 0 Å². The Balaban J connectivity index is 1.82. The molecule has 3 unspecified atom stereocenters. The zero-order chi connectivity index (χ0) is 13.1. The molecule has 0 radical (unpaired) electrons. The number of aliphatic hydroxyl groups is 1. The highest BCUT2D eigenvalue weighted by Crippen LogP contribution is 2.20. The van der Waals surface area contributed by atoms with Gasteiger partial charge in [0.2, 0.25) is 5.91 Å². The molecule has 104 valence electrons. The first-order chi connectivity index (χ1) is 8.58. The highest BCUT2D eigenvalue weighted by atomic mass is 16.3. The second-order valence-corrected chi connectivity index (χ2v) is 5.99.